The van der Waals surface area contributed by atoms with Gasteiger partial charge in [-0.1, -0.05) is 19.4 Å². The minimum Gasteiger partial charge on any atom is -0.369 e. The van der Waals surface area contributed by atoms with Gasteiger partial charge in [-0.2, -0.15) is 0 Å². The Morgan fingerprint density at radius 3 is 2.78 bits per heavy atom. The van der Waals surface area contributed by atoms with Crippen molar-refractivity contribution in [3.8, 4) is 10.4 Å². The largest absolute Gasteiger partial charge is 0.369 e. The SMILES string of the molecule is CCCC(C)N1CCCc2cc(-c3cccs3)c(C(F)F)cc21. The Labute approximate surface area is 140 Å². The minimum atomic E-state index is -2.44. The fraction of sp³-hybridized carbons (Fsp3) is 0.474. The molecule has 1 atom stereocenters. The second-order valence-corrected chi connectivity index (χ2v) is 7.23. The Bertz CT molecular complexity index is 652. The summed E-state index contributed by atoms with van der Waals surface area (Å²) in [6.07, 6.45) is 1.84. The van der Waals surface area contributed by atoms with E-state index in [-0.39, 0.29) is 5.56 Å². The topological polar surface area (TPSA) is 3.24 Å². The van der Waals surface area contributed by atoms with Crippen molar-refractivity contribution in [3.05, 3.63) is 40.8 Å². The van der Waals surface area contributed by atoms with Crippen molar-refractivity contribution >= 4 is 17.0 Å². The highest BCUT2D eigenvalue weighted by molar-refractivity contribution is 7.13. The van der Waals surface area contributed by atoms with Gasteiger partial charge in [0, 0.05) is 34.3 Å². The number of anilines is 1. The molecule has 1 aromatic heterocycles. The van der Waals surface area contributed by atoms with Crippen LogP contribution in [0.1, 0.15) is 50.7 Å². The molecular formula is C19H23F2NS. The van der Waals surface area contributed by atoms with Crippen molar-refractivity contribution in [2.24, 2.45) is 0 Å². The smallest absolute Gasteiger partial charge is 0.264 e. The molecule has 23 heavy (non-hydrogen) atoms. The van der Waals surface area contributed by atoms with Crippen LogP contribution in [-0.2, 0) is 6.42 Å². The summed E-state index contributed by atoms with van der Waals surface area (Å²) in [7, 11) is 0. The summed E-state index contributed by atoms with van der Waals surface area (Å²) in [5, 5.41) is 1.94. The van der Waals surface area contributed by atoms with E-state index in [0.717, 1.165) is 42.8 Å². The molecule has 0 saturated carbocycles. The Morgan fingerprint density at radius 2 is 2.13 bits per heavy atom. The monoisotopic (exact) mass is 335 g/mol. The summed E-state index contributed by atoms with van der Waals surface area (Å²) in [5.74, 6) is 0. The molecule has 0 N–H and O–H groups in total. The number of hydrogen-bond acceptors (Lipinski definition) is 2. The average Bonchev–Trinajstić information content (AvgIpc) is 3.07. The van der Waals surface area contributed by atoms with Crippen LogP contribution in [0.2, 0.25) is 0 Å². The summed E-state index contributed by atoms with van der Waals surface area (Å²) < 4.78 is 27.3. The molecule has 2 heterocycles. The molecule has 0 spiro atoms. The van der Waals surface area contributed by atoms with Gasteiger partial charge < -0.3 is 4.90 Å². The van der Waals surface area contributed by atoms with Crippen molar-refractivity contribution in [1.82, 2.24) is 0 Å². The van der Waals surface area contributed by atoms with Crippen LogP contribution in [0.5, 0.6) is 0 Å². The molecule has 0 fully saturated rings. The molecule has 1 aromatic carbocycles. The molecule has 124 valence electrons. The van der Waals surface area contributed by atoms with Crippen LogP contribution in [-0.4, -0.2) is 12.6 Å². The molecule has 4 heteroatoms. The number of rotatable bonds is 5. The van der Waals surface area contributed by atoms with Crippen LogP contribution < -0.4 is 4.90 Å². The maximum atomic E-state index is 13.7. The highest BCUT2D eigenvalue weighted by atomic mass is 32.1. The lowest BCUT2D eigenvalue weighted by molar-refractivity contribution is 0.152. The third-order valence-corrected chi connectivity index (χ3v) is 5.57. The number of fused-ring (bicyclic) bond motifs is 1. The van der Waals surface area contributed by atoms with Gasteiger partial charge >= 0.3 is 0 Å². The van der Waals surface area contributed by atoms with E-state index in [1.807, 2.05) is 23.6 Å². The standard InChI is InChI=1S/C19H23F2NS/c1-3-6-13(2)22-9-4-7-14-11-15(18-8-5-10-23-18)16(19(20)21)12-17(14)22/h5,8,10-13,19H,3-4,6-7,9H2,1-2H3. The van der Waals surface area contributed by atoms with E-state index < -0.39 is 6.43 Å². The van der Waals surface area contributed by atoms with E-state index in [1.165, 1.54) is 16.9 Å². The highest BCUT2D eigenvalue weighted by Gasteiger charge is 2.25. The van der Waals surface area contributed by atoms with Gasteiger partial charge in [-0.15, -0.1) is 11.3 Å². The molecule has 2 aromatic rings. The molecule has 0 radical (unpaired) electrons. The number of aryl methyl sites for hydroxylation is 1. The first kappa shape index (κ1) is 16.4. The predicted molar refractivity (Wildman–Crippen MR) is 94.7 cm³/mol. The Hall–Kier alpha value is -1.42. The lowest BCUT2D eigenvalue weighted by Gasteiger charge is -2.37. The van der Waals surface area contributed by atoms with Gasteiger partial charge in [0.15, 0.2) is 0 Å². The molecule has 0 amide bonds. The Balaban J connectivity index is 2.07. The van der Waals surface area contributed by atoms with Gasteiger partial charge in [0.1, 0.15) is 0 Å². The second kappa shape index (κ2) is 7.00. The van der Waals surface area contributed by atoms with E-state index in [4.69, 9.17) is 0 Å². The maximum absolute atomic E-state index is 13.7. The van der Waals surface area contributed by atoms with Crippen molar-refractivity contribution in [2.75, 3.05) is 11.4 Å². The lowest BCUT2D eigenvalue weighted by Crippen LogP contribution is -2.37. The van der Waals surface area contributed by atoms with Crippen LogP contribution in [0.3, 0.4) is 0 Å². The molecule has 1 nitrogen and oxygen atoms in total. The van der Waals surface area contributed by atoms with Crippen LogP contribution >= 0.6 is 11.3 Å². The average molecular weight is 335 g/mol. The molecular weight excluding hydrogens is 312 g/mol. The van der Waals surface area contributed by atoms with Gasteiger partial charge in [0.2, 0.25) is 0 Å². The molecule has 3 rings (SSSR count). The Morgan fingerprint density at radius 1 is 1.30 bits per heavy atom. The van der Waals surface area contributed by atoms with Gasteiger partial charge in [0.05, 0.1) is 0 Å². The quantitative estimate of drug-likeness (QED) is 0.620. The number of nitrogens with zero attached hydrogens (tertiary/aromatic N) is 1. The molecule has 0 bridgehead atoms. The fourth-order valence-corrected chi connectivity index (χ4v) is 4.30. The van der Waals surface area contributed by atoms with Gasteiger partial charge in [-0.3, -0.25) is 0 Å². The fourth-order valence-electron chi connectivity index (χ4n) is 3.53. The van der Waals surface area contributed by atoms with E-state index in [9.17, 15) is 8.78 Å². The number of hydrogen-bond donors (Lipinski definition) is 0. The predicted octanol–water partition coefficient (Wildman–Crippen LogP) is 6.29. The van der Waals surface area contributed by atoms with Crippen LogP contribution in [0, 0.1) is 0 Å². The minimum absolute atomic E-state index is 0.168. The Kier molecular flexibility index (Phi) is 5.00. The zero-order chi connectivity index (χ0) is 16.4. The van der Waals surface area contributed by atoms with E-state index >= 15 is 0 Å². The van der Waals surface area contributed by atoms with Crippen molar-refractivity contribution < 1.29 is 8.78 Å². The van der Waals surface area contributed by atoms with Crippen molar-refractivity contribution in [2.45, 2.75) is 52.0 Å². The molecule has 0 aliphatic carbocycles. The first-order valence-electron chi connectivity index (χ1n) is 8.37. The third-order valence-electron chi connectivity index (χ3n) is 4.67. The normalized spacial score (nSPS) is 15.8. The number of thiophene rings is 1. The molecule has 1 aliphatic heterocycles. The van der Waals surface area contributed by atoms with E-state index in [2.05, 4.69) is 18.7 Å². The number of halogens is 2. The first-order valence-corrected chi connectivity index (χ1v) is 9.25. The summed E-state index contributed by atoms with van der Waals surface area (Å²) in [6.45, 7) is 5.34. The molecule has 0 saturated heterocycles. The molecule has 1 unspecified atom stereocenters. The zero-order valence-electron chi connectivity index (χ0n) is 13.7. The third kappa shape index (κ3) is 3.27. The number of benzene rings is 1. The first-order chi connectivity index (χ1) is 11.1. The van der Waals surface area contributed by atoms with E-state index in [1.54, 1.807) is 6.07 Å². The number of alkyl halides is 2. The van der Waals surface area contributed by atoms with Crippen LogP contribution in [0.4, 0.5) is 14.5 Å². The zero-order valence-corrected chi connectivity index (χ0v) is 14.5. The van der Waals surface area contributed by atoms with Gasteiger partial charge in [0.25, 0.3) is 6.43 Å². The maximum Gasteiger partial charge on any atom is 0.264 e. The van der Waals surface area contributed by atoms with Gasteiger partial charge in [-0.05, 0) is 55.3 Å². The van der Waals surface area contributed by atoms with Crippen molar-refractivity contribution in [1.29, 1.82) is 0 Å². The lowest BCUT2D eigenvalue weighted by atomic mass is 9.93. The summed E-state index contributed by atoms with van der Waals surface area (Å²) in [6, 6.07) is 8.01. The van der Waals surface area contributed by atoms with E-state index in [0.29, 0.717) is 11.6 Å². The van der Waals surface area contributed by atoms with Crippen LogP contribution in [0.25, 0.3) is 10.4 Å². The summed E-state index contributed by atoms with van der Waals surface area (Å²) in [4.78, 5) is 3.26. The molecule has 1 aliphatic rings. The van der Waals surface area contributed by atoms with Gasteiger partial charge in [-0.25, -0.2) is 8.78 Å². The summed E-state index contributed by atoms with van der Waals surface area (Å²) in [5.41, 5.74) is 3.11. The highest BCUT2D eigenvalue weighted by Crippen LogP contribution is 2.40. The second-order valence-electron chi connectivity index (χ2n) is 6.28. The van der Waals surface area contributed by atoms with Crippen molar-refractivity contribution in [3.63, 3.8) is 0 Å². The van der Waals surface area contributed by atoms with Crippen LogP contribution in [0.15, 0.2) is 29.6 Å². The summed E-state index contributed by atoms with van der Waals surface area (Å²) >= 11 is 1.53.